The largest absolute Gasteiger partial charge is 0.378 e. The van der Waals surface area contributed by atoms with Crippen molar-refractivity contribution in [2.45, 2.75) is 30.5 Å². The SMILES string of the molecule is N#CC1(N)CC2COCC(C1)N2. The summed E-state index contributed by atoms with van der Waals surface area (Å²) in [5, 5.41) is 12.2. The number of rotatable bonds is 0. The van der Waals surface area contributed by atoms with Crippen molar-refractivity contribution in [3.63, 3.8) is 0 Å². The number of nitrogens with two attached hydrogens (primary N) is 1. The van der Waals surface area contributed by atoms with E-state index in [4.69, 9.17) is 15.7 Å². The Morgan fingerprint density at radius 3 is 2.50 bits per heavy atom. The third-order valence-electron chi connectivity index (χ3n) is 2.55. The van der Waals surface area contributed by atoms with Crippen LogP contribution in [0.1, 0.15) is 12.8 Å². The van der Waals surface area contributed by atoms with Gasteiger partial charge in [0.1, 0.15) is 5.54 Å². The van der Waals surface area contributed by atoms with E-state index in [-0.39, 0.29) is 12.1 Å². The van der Waals surface area contributed by atoms with E-state index in [1.165, 1.54) is 0 Å². The van der Waals surface area contributed by atoms with E-state index < -0.39 is 5.54 Å². The van der Waals surface area contributed by atoms with Crippen molar-refractivity contribution in [2.75, 3.05) is 13.2 Å². The summed E-state index contributed by atoms with van der Waals surface area (Å²) in [6, 6.07) is 2.75. The molecule has 0 amide bonds. The van der Waals surface area contributed by atoms with Gasteiger partial charge in [-0.3, -0.25) is 0 Å². The second-order valence-corrected chi connectivity index (χ2v) is 3.77. The second-order valence-electron chi connectivity index (χ2n) is 3.77. The molecule has 2 heterocycles. The number of hydrogen-bond acceptors (Lipinski definition) is 4. The number of hydrogen-bond donors (Lipinski definition) is 2. The monoisotopic (exact) mass is 167 g/mol. The van der Waals surface area contributed by atoms with Crippen LogP contribution in [0.25, 0.3) is 0 Å². The van der Waals surface area contributed by atoms with E-state index in [0.29, 0.717) is 26.1 Å². The predicted molar refractivity (Wildman–Crippen MR) is 43.3 cm³/mol. The van der Waals surface area contributed by atoms with Gasteiger partial charge in [0.05, 0.1) is 19.3 Å². The topological polar surface area (TPSA) is 71.1 Å². The van der Waals surface area contributed by atoms with Gasteiger partial charge in [-0.1, -0.05) is 0 Å². The predicted octanol–water partition coefficient (Wildman–Crippen LogP) is -0.642. The van der Waals surface area contributed by atoms with Gasteiger partial charge in [0.15, 0.2) is 0 Å². The van der Waals surface area contributed by atoms with E-state index in [2.05, 4.69) is 11.4 Å². The maximum atomic E-state index is 8.86. The lowest BCUT2D eigenvalue weighted by atomic mass is 9.82. The maximum Gasteiger partial charge on any atom is 0.107 e. The zero-order valence-corrected chi connectivity index (χ0v) is 6.92. The molecule has 3 N–H and O–H groups in total. The summed E-state index contributed by atoms with van der Waals surface area (Å²) in [6.45, 7) is 1.38. The van der Waals surface area contributed by atoms with E-state index in [9.17, 15) is 0 Å². The van der Waals surface area contributed by atoms with Crippen molar-refractivity contribution >= 4 is 0 Å². The fourth-order valence-electron chi connectivity index (χ4n) is 2.07. The molecule has 2 unspecified atom stereocenters. The highest BCUT2D eigenvalue weighted by molar-refractivity contribution is 5.12. The van der Waals surface area contributed by atoms with Crippen LogP contribution in [-0.4, -0.2) is 30.8 Å². The molecule has 2 rings (SSSR count). The third-order valence-corrected chi connectivity index (χ3v) is 2.55. The molecule has 0 radical (unpaired) electrons. The minimum absolute atomic E-state index is 0.280. The van der Waals surface area contributed by atoms with Crippen molar-refractivity contribution in [3.05, 3.63) is 0 Å². The zero-order chi connectivity index (χ0) is 8.60. The first-order chi connectivity index (χ1) is 5.72. The lowest BCUT2D eigenvalue weighted by molar-refractivity contribution is 0.0101. The quantitative estimate of drug-likeness (QED) is 0.503. The minimum atomic E-state index is -0.621. The fraction of sp³-hybridized carbons (Fsp3) is 0.875. The van der Waals surface area contributed by atoms with E-state index >= 15 is 0 Å². The van der Waals surface area contributed by atoms with E-state index in [1.807, 2.05) is 0 Å². The molecule has 2 fully saturated rings. The van der Waals surface area contributed by atoms with Gasteiger partial charge in [-0.15, -0.1) is 0 Å². The van der Waals surface area contributed by atoms with Crippen LogP contribution < -0.4 is 11.1 Å². The third kappa shape index (κ3) is 1.31. The van der Waals surface area contributed by atoms with E-state index in [0.717, 1.165) is 0 Å². The number of nitriles is 1. The number of piperidine rings is 1. The molecular formula is C8H13N3O. The molecule has 0 aromatic heterocycles. The van der Waals surface area contributed by atoms with Crippen LogP contribution in [0, 0.1) is 11.3 Å². The summed E-state index contributed by atoms with van der Waals surface area (Å²) in [5.74, 6) is 0. The Morgan fingerprint density at radius 2 is 2.00 bits per heavy atom. The lowest BCUT2D eigenvalue weighted by Gasteiger charge is -2.42. The molecule has 2 saturated heterocycles. The van der Waals surface area contributed by atoms with Crippen molar-refractivity contribution in [2.24, 2.45) is 5.73 Å². The highest BCUT2D eigenvalue weighted by atomic mass is 16.5. The average Bonchev–Trinajstić information content (AvgIpc) is 2.03. The van der Waals surface area contributed by atoms with Gasteiger partial charge in [-0.25, -0.2) is 0 Å². The summed E-state index contributed by atoms with van der Waals surface area (Å²) in [4.78, 5) is 0. The van der Waals surface area contributed by atoms with Crippen LogP contribution in [0.15, 0.2) is 0 Å². The standard InChI is InChI=1S/C8H13N3O/c9-5-8(10)1-6-3-12-4-7(2-8)11-6/h6-7,11H,1-4,10H2. The van der Waals surface area contributed by atoms with Crippen molar-refractivity contribution in [1.29, 1.82) is 5.26 Å². The summed E-state index contributed by atoms with van der Waals surface area (Å²) in [6.07, 6.45) is 1.42. The van der Waals surface area contributed by atoms with Gasteiger partial charge >= 0.3 is 0 Å². The molecule has 2 bridgehead atoms. The molecule has 0 spiro atoms. The van der Waals surface area contributed by atoms with Gasteiger partial charge in [0.2, 0.25) is 0 Å². The van der Waals surface area contributed by atoms with Crippen LogP contribution in [0.2, 0.25) is 0 Å². The molecule has 4 nitrogen and oxygen atoms in total. The smallest absolute Gasteiger partial charge is 0.107 e. The van der Waals surface area contributed by atoms with Crippen molar-refractivity contribution in [3.8, 4) is 6.07 Å². The molecule has 0 aliphatic carbocycles. The van der Waals surface area contributed by atoms with Gasteiger partial charge in [0, 0.05) is 12.1 Å². The Balaban J connectivity index is 2.11. The molecule has 2 aliphatic heterocycles. The highest BCUT2D eigenvalue weighted by Crippen LogP contribution is 2.24. The summed E-state index contributed by atoms with van der Waals surface area (Å²) in [5.41, 5.74) is 5.27. The van der Waals surface area contributed by atoms with Crippen LogP contribution in [-0.2, 0) is 4.74 Å². The lowest BCUT2D eigenvalue weighted by Crippen LogP contribution is -2.62. The Labute approximate surface area is 71.7 Å². The van der Waals surface area contributed by atoms with Crippen molar-refractivity contribution in [1.82, 2.24) is 5.32 Å². The van der Waals surface area contributed by atoms with Gasteiger partial charge in [-0.2, -0.15) is 5.26 Å². The normalized spacial score (nSPS) is 46.7. The van der Waals surface area contributed by atoms with Crippen molar-refractivity contribution < 1.29 is 4.74 Å². The van der Waals surface area contributed by atoms with E-state index in [1.54, 1.807) is 0 Å². The molecule has 0 aromatic carbocycles. The van der Waals surface area contributed by atoms with Gasteiger partial charge < -0.3 is 15.8 Å². The number of fused-ring (bicyclic) bond motifs is 2. The second kappa shape index (κ2) is 2.70. The van der Waals surface area contributed by atoms with Crippen LogP contribution in [0.3, 0.4) is 0 Å². The number of nitrogens with one attached hydrogen (secondary N) is 1. The van der Waals surface area contributed by atoms with Crippen LogP contribution >= 0.6 is 0 Å². The highest BCUT2D eigenvalue weighted by Gasteiger charge is 2.39. The molecule has 0 aromatic rings. The fourth-order valence-corrected chi connectivity index (χ4v) is 2.07. The first kappa shape index (κ1) is 7.99. The summed E-state index contributed by atoms with van der Waals surface area (Å²) >= 11 is 0. The summed E-state index contributed by atoms with van der Waals surface area (Å²) in [7, 11) is 0. The molecular weight excluding hydrogens is 154 g/mol. The van der Waals surface area contributed by atoms with Crippen LogP contribution in [0.4, 0.5) is 0 Å². The molecule has 2 atom stereocenters. The maximum absolute atomic E-state index is 8.86. The minimum Gasteiger partial charge on any atom is -0.378 e. The number of morpholine rings is 1. The number of ether oxygens (including phenoxy) is 1. The molecule has 12 heavy (non-hydrogen) atoms. The Kier molecular flexibility index (Phi) is 1.80. The Bertz CT molecular complexity index is 211. The molecule has 0 saturated carbocycles. The molecule has 4 heteroatoms. The van der Waals surface area contributed by atoms with Gasteiger partial charge in [-0.05, 0) is 12.8 Å². The summed E-state index contributed by atoms with van der Waals surface area (Å²) < 4.78 is 5.35. The molecule has 66 valence electrons. The zero-order valence-electron chi connectivity index (χ0n) is 6.92. The first-order valence-corrected chi connectivity index (χ1v) is 4.26. The number of nitrogens with zero attached hydrogens (tertiary/aromatic N) is 1. The Morgan fingerprint density at radius 1 is 1.42 bits per heavy atom. The first-order valence-electron chi connectivity index (χ1n) is 4.26. The van der Waals surface area contributed by atoms with Crippen LogP contribution in [0.5, 0.6) is 0 Å². The van der Waals surface area contributed by atoms with Gasteiger partial charge in [0.25, 0.3) is 0 Å². The average molecular weight is 167 g/mol. The molecule has 2 aliphatic rings. The Hall–Kier alpha value is -0.630.